The van der Waals surface area contributed by atoms with Gasteiger partial charge in [-0.15, -0.1) is 0 Å². The Bertz CT molecular complexity index is 799. The highest BCUT2D eigenvalue weighted by Crippen LogP contribution is 2.33. The van der Waals surface area contributed by atoms with Crippen LogP contribution in [0.1, 0.15) is 36.4 Å². The van der Waals surface area contributed by atoms with Crippen molar-refractivity contribution in [2.45, 2.75) is 36.6 Å². The molecular formula is C20H22Cl3N3OS. The molecule has 0 aliphatic rings. The van der Waals surface area contributed by atoms with E-state index in [4.69, 9.17) is 34.8 Å². The highest BCUT2D eigenvalue weighted by molar-refractivity contribution is 7.16. The van der Waals surface area contributed by atoms with Gasteiger partial charge >= 0.3 is 0 Å². The number of carbonyl (C=O) groups is 1. The third-order valence-corrected chi connectivity index (χ3v) is 5.33. The van der Waals surface area contributed by atoms with E-state index in [0.29, 0.717) is 11.6 Å². The molecule has 1 atom stereocenters. The van der Waals surface area contributed by atoms with Gasteiger partial charge in [-0.1, -0.05) is 88.6 Å². The molecular weight excluding hydrogens is 437 g/mol. The van der Waals surface area contributed by atoms with Crippen LogP contribution < -0.4 is 10.6 Å². The van der Waals surface area contributed by atoms with Gasteiger partial charge in [0.1, 0.15) is 6.17 Å². The van der Waals surface area contributed by atoms with Crippen molar-refractivity contribution >= 4 is 69.3 Å². The molecule has 0 fully saturated rings. The van der Waals surface area contributed by atoms with Gasteiger partial charge < -0.3 is 10.6 Å². The van der Waals surface area contributed by atoms with E-state index in [2.05, 4.69) is 15.6 Å². The van der Waals surface area contributed by atoms with Gasteiger partial charge in [-0.3, -0.25) is 4.79 Å². The summed E-state index contributed by atoms with van der Waals surface area (Å²) in [4.78, 5) is 17.9. The van der Waals surface area contributed by atoms with E-state index in [9.17, 15) is 4.79 Å². The van der Waals surface area contributed by atoms with Crippen LogP contribution in [0.5, 0.6) is 0 Å². The maximum atomic E-state index is 12.4. The second-order valence-electron chi connectivity index (χ2n) is 5.94. The Balaban J connectivity index is 2.07. The molecule has 1 heterocycles. The molecule has 2 rings (SSSR count). The molecule has 0 saturated heterocycles. The Morgan fingerprint density at radius 2 is 1.86 bits per heavy atom. The van der Waals surface area contributed by atoms with Crippen LogP contribution in [0, 0.1) is 0 Å². The van der Waals surface area contributed by atoms with E-state index in [1.54, 1.807) is 0 Å². The monoisotopic (exact) mass is 457 g/mol. The molecule has 28 heavy (non-hydrogen) atoms. The van der Waals surface area contributed by atoms with Crippen molar-refractivity contribution in [3.05, 3.63) is 58.6 Å². The molecule has 0 saturated carbocycles. The van der Waals surface area contributed by atoms with Gasteiger partial charge in [0.05, 0.1) is 10.6 Å². The van der Waals surface area contributed by atoms with Crippen LogP contribution in [0.25, 0.3) is 12.2 Å². The number of amides is 1. The number of halogens is 3. The molecule has 2 aromatic rings. The lowest BCUT2D eigenvalue weighted by molar-refractivity contribution is -0.121. The van der Waals surface area contributed by atoms with E-state index in [1.165, 1.54) is 11.3 Å². The maximum absolute atomic E-state index is 12.4. The number of nitrogens with zero attached hydrogens (tertiary/aromatic N) is 1. The Morgan fingerprint density at radius 3 is 2.46 bits per heavy atom. The molecule has 0 aliphatic heterocycles. The van der Waals surface area contributed by atoms with Crippen LogP contribution in [0.2, 0.25) is 0 Å². The predicted octanol–water partition coefficient (Wildman–Crippen LogP) is 6.07. The van der Waals surface area contributed by atoms with Crippen molar-refractivity contribution in [1.29, 1.82) is 0 Å². The van der Waals surface area contributed by atoms with E-state index in [-0.39, 0.29) is 12.3 Å². The number of alkyl halides is 3. The van der Waals surface area contributed by atoms with E-state index in [0.717, 1.165) is 16.1 Å². The lowest BCUT2D eigenvalue weighted by Gasteiger charge is -2.26. The first-order valence-corrected chi connectivity index (χ1v) is 10.7. The van der Waals surface area contributed by atoms with Crippen molar-refractivity contribution in [3.63, 3.8) is 0 Å². The van der Waals surface area contributed by atoms with Gasteiger partial charge in [-0.25, -0.2) is 4.98 Å². The number of thiazole rings is 1. The summed E-state index contributed by atoms with van der Waals surface area (Å²) in [6, 6.07) is 9.75. The van der Waals surface area contributed by atoms with Crippen molar-refractivity contribution < 1.29 is 4.79 Å². The fraction of sp³-hybridized carbons (Fsp3) is 0.300. The molecule has 8 heteroatoms. The number of hydrogen-bond donors (Lipinski definition) is 2. The summed E-state index contributed by atoms with van der Waals surface area (Å²) >= 11 is 19.7. The zero-order valence-electron chi connectivity index (χ0n) is 15.6. The first kappa shape index (κ1) is 22.8. The summed E-state index contributed by atoms with van der Waals surface area (Å²) in [6.07, 6.45) is 7.68. The number of carbonyl (C=O) groups excluding carboxylic acids is 1. The number of aryl methyl sites for hydroxylation is 1. The van der Waals surface area contributed by atoms with Crippen LogP contribution >= 0.6 is 46.1 Å². The SMILES string of the molecule is C/C=C\c1nc(NC(NC(=O)CCc2ccccc2)C(Cl)(Cl)Cl)sc1/C=C\C. The van der Waals surface area contributed by atoms with Gasteiger partial charge in [-0.2, -0.15) is 0 Å². The number of rotatable bonds is 8. The Hall–Kier alpha value is -1.53. The number of hydrogen-bond acceptors (Lipinski definition) is 4. The quantitative estimate of drug-likeness (QED) is 0.373. The van der Waals surface area contributed by atoms with Crippen LogP contribution in [-0.2, 0) is 11.2 Å². The standard InChI is InChI=1S/C20H22Cl3N3OS/c1-3-8-15-16(9-4-2)28-19(24-15)26-18(20(21,22)23)25-17(27)13-12-14-10-6-5-7-11-14/h3-11,18H,12-13H2,1-2H3,(H,24,26)(H,25,27)/b8-3-,9-4-. The third kappa shape index (κ3) is 7.13. The molecule has 4 nitrogen and oxygen atoms in total. The zero-order chi connectivity index (χ0) is 20.6. The van der Waals surface area contributed by atoms with Crippen LogP contribution in [0.15, 0.2) is 42.5 Å². The molecule has 1 amide bonds. The Morgan fingerprint density at radius 1 is 1.18 bits per heavy atom. The summed E-state index contributed by atoms with van der Waals surface area (Å²) in [7, 11) is 0. The normalized spacial score (nSPS) is 13.2. The second kappa shape index (κ2) is 10.9. The average Bonchev–Trinajstić information content (AvgIpc) is 3.01. The minimum absolute atomic E-state index is 0.216. The summed E-state index contributed by atoms with van der Waals surface area (Å²) in [5.74, 6) is -0.216. The number of benzene rings is 1. The first-order valence-electron chi connectivity index (χ1n) is 8.76. The summed E-state index contributed by atoms with van der Waals surface area (Å²) in [6.45, 7) is 3.85. The predicted molar refractivity (Wildman–Crippen MR) is 122 cm³/mol. The molecule has 150 valence electrons. The minimum Gasteiger partial charge on any atom is -0.338 e. The van der Waals surface area contributed by atoms with Crippen molar-refractivity contribution in [3.8, 4) is 0 Å². The molecule has 0 bridgehead atoms. The summed E-state index contributed by atoms with van der Waals surface area (Å²) in [5, 5.41) is 6.35. The van der Waals surface area contributed by atoms with Crippen molar-refractivity contribution in [2.75, 3.05) is 5.32 Å². The van der Waals surface area contributed by atoms with E-state index >= 15 is 0 Å². The molecule has 1 aromatic carbocycles. The third-order valence-electron chi connectivity index (χ3n) is 3.71. The second-order valence-corrected chi connectivity index (χ2v) is 9.34. The Labute approximate surface area is 184 Å². The van der Waals surface area contributed by atoms with Crippen LogP contribution in [0.3, 0.4) is 0 Å². The number of aromatic nitrogens is 1. The molecule has 2 N–H and O–H groups in total. The lowest BCUT2D eigenvalue weighted by Crippen LogP contribution is -2.49. The van der Waals surface area contributed by atoms with Gasteiger partial charge in [0.25, 0.3) is 0 Å². The summed E-state index contributed by atoms with van der Waals surface area (Å²) < 4.78 is -1.74. The number of anilines is 1. The van der Waals surface area contributed by atoms with Gasteiger partial charge in [0.15, 0.2) is 5.13 Å². The fourth-order valence-corrected chi connectivity index (χ4v) is 3.69. The highest BCUT2D eigenvalue weighted by atomic mass is 35.6. The molecule has 0 radical (unpaired) electrons. The van der Waals surface area contributed by atoms with Gasteiger partial charge in [0, 0.05) is 6.42 Å². The lowest BCUT2D eigenvalue weighted by atomic mass is 10.1. The highest BCUT2D eigenvalue weighted by Gasteiger charge is 2.34. The van der Waals surface area contributed by atoms with Crippen LogP contribution in [0.4, 0.5) is 5.13 Å². The van der Waals surface area contributed by atoms with Crippen molar-refractivity contribution in [1.82, 2.24) is 10.3 Å². The molecule has 0 aliphatic carbocycles. The molecule has 1 aromatic heterocycles. The maximum Gasteiger partial charge on any atom is 0.228 e. The largest absolute Gasteiger partial charge is 0.338 e. The summed E-state index contributed by atoms with van der Waals surface area (Å²) in [5.41, 5.74) is 1.88. The van der Waals surface area contributed by atoms with E-state index < -0.39 is 9.96 Å². The minimum atomic E-state index is -1.74. The van der Waals surface area contributed by atoms with Gasteiger partial charge in [-0.05, 0) is 38.0 Å². The topological polar surface area (TPSA) is 54.0 Å². The van der Waals surface area contributed by atoms with E-state index in [1.807, 2.05) is 68.5 Å². The zero-order valence-corrected chi connectivity index (χ0v) is 18.7. The van der Waals surface area contributed by atoms with Crippen molar-refractivity contribution in [2.24, 2.45) is 0 Å². The smallest absolute Gasteiger partial charge is 0.228 e. The van der Waals surface area contributed by atoms with Crippen LogP contribution in [-0.4, -0.2) is 20.8 Å². The average molecular weight is 459 g/mol. The van der Waals surface area contributed by atoms with Gasteiger partial charge in [0.2, 0.25) is 9.70 Å². The molecule has 0 spiro atoms. The Kier molecular flexibility index (Phi) is 8.83. The fourth-order valence-electron chi connectivity index (χ4n) is 2.41. The number of allylic oxidation sites excluding steroid dienone is 2. The number of nitrogens with one attached hydrogen (secondary N) is 2. The first-order chi connectivity index (χ1) is 13.3. The molecule has 1 unspecified atom stereocenters.